The SMILES string of the molecule is Cc1nnc(C2CCN(C(=O)c3ccc(F)c(F)c3F)CC2)o1. The van der Waals surface area contributed by atoms with E-state index in [1.54, 1.807) is 6.92 Å². The largest absolute Gasteiger partial charge is 0.425 e. The smallest absolute Gasteiger partial charge is 0.256 e. The average Bonchev–Trinajstić information content (AvgIpc) is 2.99. The van der Waals surface area contributed by atoms with Crippen LogP contribution in [0.25, 0.3) is 0 Å². The molecular formula is C15H14F3N3O2. The molecule has 0 atom stereocenters. The van der Waals surface area contributed by atoms with Gasteiger partial charge in [0.1, 0.15) is 0 Å². The lowest BCUT2D eigenvalue weighted by Gasteiger charge is -2.30. The van der Waals surface area contributed by atoms with E-state index in [1.165, 1.54) is 4.90 Å². The molecule has 1 aliphatic heterocycles. The van der Waals surface area contributed by atoms with Gasteiger partial charge in [-0.05, 0) is 25.0 Å². The van der Waals surface area contributed by atoms with Crippen LogP contribution in [0.2, 0.25) is 0 Å². The zero-order valence-corrected chi connectivity index (χ0v) is 12.4. The van der Waals surface area contributed by atoms with Crippen molar-refractivity contribution in [2.45, 2.75) is 25.7 Å². The lowest BCUT2D eigenvalue weighted by molar-refractivity contribution is 0.0700. The number of benzene rings is 1. The molecule has 1 saturated heterocycles. The Morgan fingerprint density at radius 2 is 1.87 bits per heavy atom. The molecule has 0 radical (unpaired) electrons. The zero-order valence-electron chi connectivity index (χ0n) is 12.4. The van der Waals surface area contributed by atoms with Crippen LogP contribution in [0.4, 0.5) is 13.2 Å². The molecule has 0 spiro atoms. The molecule has 1 aliphatic rings. The lowest BCUT2D eigenvalue weighted by Crippen LogP contribution is -2.38. The van der Waals surface area contributed by atoms with Crippen LogP contribution in [0, 0.1) is 24.4 Å². The van der Waals surface area contributed by atoms with Crippen LogP contribution in [0.5, 0.6) is 0 Å². The van der Waals surface area contributed by atoms with Crippen molar-refractivity contribution < 1.29 is 22.4 Å². The molecule has 0 unspecified atom stereocenters. The van der Waals surface area contributed by atoms with Crippen LogP contribution >= 0.6 is 0 Å². The monoisotopic (exact) mass is 325 g/mol. The molecule has 1 aromatic heterocycles. The molecule has 23 heavy (non-hydrogen) atoms. The molecule has 1 amide bonds. The third kappa shape index (κ3) is 2.93. The topological polar surface area (TPSA) is 59.2 Å². The number of likely N-dealkylation sites (tertiary alicyclic amines) is 1. The van der Waals surface area contributed by atoms with Crippen molar-refractivity contribution in [3.05, 3.63) is 46.9 Å². The fourth-order valence-electron chi connectivity index (χ4n) is 2.67. The predicted octanol–water partition coefficient (Wildman–Crippen LogP) is 2.82. The molecule has 1 aromatic carbocycles. The normalized spacial score (nSPS) is 15.9. The summed E-state index contributed by atoms with van der Waals surface area (Å²) >= 11 is 0. The predicted molar refractivity (Wildman–Crippen MR) is 73.2 cm³/mol. The number of carbonyl (C=O) groups excluding carboxylic acids is 1. The van der Waals surface area contributed by atoms with Crippen molar-refractivity contribution in [1.82, 2.24) is 15.1 Å². The maximum atomic E-state index is 13.7. The molecular weight excluding hydrogens is 311 g/mol. The first-order chi connectivity index (χ1) is 11.0. The summed E-state index contributed by atoms with van der Waals surface area (Å²) < 4.78 is 45.3. The van der Waals surface area contributed by atoms with Crippen molar-refractivity contribution in [2.24, 2.45) is 0 Å². The van der Waals surface area contributed by atoms with Gasteiger partial charge >= 0.3 is 0 Å². The highest BCUT2D eigenvalue weighted by atomic mass is 19.2. The van der Waals surface area contributed by atoms with E-state index in [2.05, 4.69) is 10.2 Å². The minimum Gasteiger partial charge on any atom is -0.425 e. The van der Waals surface area contributed by atoms with Crippen LogP contribution in [0.15, 0.2) is 16.5 Å². The summed E-state index contributed by atoms with van der Waals surface area (Å²) in [6.45, 7) is 2.40. The van der Waals surface area contributed by atoms with Crippen LogP contribution in [-0.4, -0.2) is 34.1 Å². The summed E-state index contributed by atoms with van der Waals surface area (Å²) in [5, 5.41) is 7.73. The van der Waals surface area contributed by atoms with Gasteiger partial charge in [0.25, 0.3) is 5.91 Å². The Balaban J connectivity index is 1.70. The number of amides is 1. The number of halogens is 3. The highest BCUT2D eigenvalue weighted by Gasteiger charge is 2.29. The third-order valence-electron chi connectivity index (χ3n) is 3.94. The third-order valence-corrected chi connectivity index (χ3v) is 3.94. The minimum absolute atomic E-state index is 0.0371. The van der Waals surface area contributed by atoms with Crippen molar-refractivity contribution >= 4 is 5.91 Å². The van der Waals surface area contributed by atoms with Crippen LogP contribution in [0.1, 0.15) is 40.9 Å². The van der Waals surface area contributed by atoms with E-state index in [-0.39, 0.29) is 5.92 Å². The van der Waals surface area contributed by atoms with E-state index in [0.29, 0.717) is 37.7 Å². The standard InChI is InChI=1S/C15H14F3N3O2/c1-8-19-20-14(23-8)9-4-6-21(7-5-9)15(22)10-2-3-11(16)13(18)12(10)17/h2-3,9H,4-7H2,1H3. The molecule has 0 N–H and O–H groups in total. The van der Waals surface area contributed by atoms with E-state index >= 15 is 0 Å². The molecule has 0 aliphatic carbocycles. The van der Waals surface area contributed by atoms with E-state index in [0.717, 1.165) is 12.1 Å². The van der Waals surface area contributed by atoms with Gasteiger partial charge in [0, 0.05) is 25.9 Å². The highest BCUT2D eigenvalue weighted by molar-refractivity contribution is 5.94. The van der Waals surface area contributed by atoms with Crippen molar-refractivity contribution in [3.63, 3.8) is 0 Å². The molecule has 122 valence electrons. The second-order valence-electron chi connectivity index (χ2n) is 5.45. The summed E-state index contributed by atoms with van der Waals surface area (Å²) in [5.41, 5.74) is -0.462. The lowest BCUT2D eigenvalue weighted by atomic mass is 9.96. The Kier molecular flexibility index (Phi) is 4.06. The summed E-state index contributed by atoms with van der Waals surface area (Å²) in [4.78, 5) is 13.7. The Hall–Kier alpha value is -2.38. The highest BCUT2D eigenvalue weighted by Crippen LogP contribution is 2.28. The number of piperidine rings is 1. The van der Waals surface area contributed by atoms with Gasteiger partial charge in [-0.2, -0.15) is 0 Å². The molecule has 2 aromatic rings. The molecule has 0 bridgehead atoms. The Morgan fingerprint density at radius 3 is 2.48 bits per heavy atom. The molecule has 0 saturated carbocycles. The molecule has 3 rings (SSSR count). The van der Waals surface area contributed by atoms with Crippen molar-refractivity contribution in [3.8, 4) is 0 Å². The fourth-order valence-corrected chi connectivity index (χ4v) is 2.67. The molecule has 5 nitrogen and oxygen atoms in total. The van der Waals surface area contributed by atoms with Gasteiger partial charge in [0.15, 0.2) is 17.5 Å². The summed E-state index contributed by atoms with van der Waals surface area (Å²) in [6, 6.07) is 1.71. The minimum atomic E-state index is -1.63. The van der Waals surface area contributed by atoms with Crippen molar-refractivity contribution in [1.29, 1.82) is 0 Å². The number of carbonyl (C=O) groups is 1. The van der Waals surface area contributed by atoms with E-state index in [4.69, 9.17) is 4.42 Å². The second-order valence-corrected chi connectivity index (χ2v) is 5.45. The first-order valence-corrected chi connectivity index (χ1v) is 7.20. The Morgan fingerprint density at radius 1 is 1.17 bits per heavy atom. The first kappa shape index (κ1) is 15.5. The van der Waals surface area contributed by atoms with E-state index in [9.17, 15) is 18.0 Å². The maximum Gasteiger partial charge on any atom is 0.256 e. The number of hydrogen-bond acceptors (Lipinski definition) is 4. The van der Waals surface area contributed by atoms with Crippen LogP contribution in [-0.2, 0) is 0 Å². The molecule has 8 heteroatoms. The number of aryl methyl sites for hydroxylation is 1. The summed E-state index contributed by atoms with van der Waals surface area (Å²) in [6.07, 6.45) is 1.16. The van der Waals surface area contributed by atoms with Gasteiger partial charge in [0.2, 0.25) is 11.8 Å². The Bertz CT molecular complexity index is 740. The first-order valence-electron chi connectivity index (χ1n) is 7.20. The maximum absolute atomic E-state index is 13.7. The van der Waals surface area contributed by atoms with Gasteiger partial charge in [-0.3, -0.25) is 4.79 Å². The van der Waals surface area contributed by atoms with Gasteiger partial charge in [-0.15, -0.1) is 10.2 Å². The summed E-state index contributed by atoms with van der Waals surface area (Å²) in [7, 11) is 0. The zero-order chi connectivity index (χ0) is 16.6. The summed E-state index contributed by atoms with van der Waals surface area (Å²) in [5.74, 6) is -4.02. The van der Waals surface area contributed by atoms with Gasteiger partial charge < -0.3 is 9.32 Å². The van der Waals surface area contributed by atoms with Crippen molar-refractivity contribution in [2.75, 3.05) is 13.1 Å². The Labute approximate surface area is 130 Å². The second kappa shape index (κ2) is 6.02. The number of hydrogen-bond donors (Lipinski definition) is 0. The molecule has 1 fully saturated rings. The number of nitrogens with zero attached hydrogens (tertiary/aromatic N) is 3. The van der Waals surface area contributed by atoms with Gasteiger partial charge in [-0.25, -0.2) is 13.2 Å². The van der Waals surface area contributed by atoms with E-state index in [1.807, 2.05) is 0 Å². The number of rotatable bonds is 2. The van der Waals surface area contributed by atoms with Crippen LogP contribution in [0.3, 0.4) is 0 Å². The van der Waals surface area contributed by atoms with Gasteiger partial charge in [0.05, 0.1) is 5.56 Å². The molecule has 2 heterocycles. The average molecular weight is 325 g/mol. The quantitative estimate of drug-likeness (QED) is 0.797. The van der Waals surface area contributed by atoms with Crippen LogP contribution < -0.4 is 0 Å². The number of aromatic nitrogens is 2. The van der Waals surface area contributed by atoms with E-state index < -0.39 is 28.9 Å². The fraction of sp³-hybridized carbons (Fsp3) is 0.400. The van der Waals surface area contributed by atoms with Gasteiger partial charge in [-0.1, -0.05) is 0 Å².